The summed E-state index contributed by atoms with van der Waals surface area (Å²) in [5, 5.41) is 1.09. The summed E-state index contributed by atoms with van der Waals surface area (Å²) in [4.78, 5) is 7.18. The Kier molecular flexibility index (Phi) is 5.22. The van der Waals surface area contributed by atoms with E-state index in [-0.39, 0.29) is 0 Å². The second kappa shape index (κ2) is 8.11. The number of amidine groups is 1. The van der Waals surface area contributed by atoms with Crippen molar-refractivity contribution in [3.63, 3.8) is 0 Å². The first kappa shape index (κ1) is 16.7. The number of hydrogen-bond acceptors (Lipinski definition) is 3. The smallest absolute Gasteiger partial charge is 0.164 e. The van der Waals surface area contributed by atoms with E-state index < -0.39 is 0 Å². The standard InChI is InChI=1S/C22H20N2OS/c1-3-7-18(8-4-1)17-24-15-16-26-22(24)23-19-11-13-21(14-12-19)25-20-9-5-2-6-10-20/h1-14H,15-17H2. The van der Waals surface area contributed by atoms with Crippen LogP contribution in [-0.2, 0) is 6.54 Å². The summed E-state index contributed by atoms with van der Waals surface area (Å²) in [6, 6.07) is 28.3. The van der Waals surface area contributed by atoms with Crippen LogP contribution in [0, 0.1) is 0 Å². The Hall–Kier alpha value is -2.72. The zero-order valence-corrected chi connectivity index (χ0v) is 15.2. The molecule has 26 heavy (non-hydrogen) atoms. The molecule has 4 heteroatoms. The maximum absolute atomic E-state index is 5.84. The molecule has 130 valence electrons. The lowest BCUT2D eigenvalue weighted by Gasteiger charge is -2.17. The molecule has 1 fully saturated rings. The van der Waals surface area contributed by atoms with Gasteiger partial charge in [0.1, 0.15) is 11.5 Å². The number of hydrogen-bond donors (Lipinski definition) is 0. The van der Waals surface area contributed by atoms with Crippen molar-refractivity contribution in [3.05, 3.63) is 90.5 Å². The molecule has 3 nitrogen and oxygen atoms in total. The van der Waals surface area contributed by atoms with E-state index in [1.165, 1.54) is 5.56 Å². The monoisotopic (exact) mass is 360 g/mol. The first-order valence-electron chi connectivity index (χ1n) is 8.70. The van der Waals surface area contributed by atoms with Gasteiger partial charge in [-0.3, -0.25) is 0 Å². The molecule has 0 bridgehead atoms. The first-order valence-corrected chi connectivity index (χ1v) is 9.69. The van der Waals surface area contributed by atoms with Crippen LogP contribution in [0.4, 0.5) is 5.69 Å². The molecule has 1 aliphatic heterocycles. The number of rotatable bonds is 5. The number of benzene rings is 3. The van der Waals surface area contributed by atoms with Crippen LogP contribution >= 0.6 is 11.8 Å². The van der Waals surface area contributed by atoms with Crippen molar-refractivity contribution in [3.8, 4) is 11.5 Å². The van der Waals surface area contributed by atoms with Gasteiger partial charge in [-0.25, -0.2) is 4.99 Å². The van der Waals surface area contributed by atoms with Gasteiger partial charge in [0, 0.05) is 18.8 Å². The van der Waals surface area contributed by atoms with Crippen molar-refractivity contribution in [1.29, 1.82) is 0 Å². The Balaban J connectivity index is 1.45. The second-order valence-corrected chi connectivity index (χ2v) is 7.12. The third-order valence-corrected chi connectivity index (χ3v) is 5.11. The van der Waals surface area contributed by atoms with Crippen molar-refractivity contribution in [2.45, 2.75) is 6.54 Å². The summed E-state index contributed by atoms with van der Waals surface area (Å²) in [5.74, 6) is 2.74. The highest BCUT2D eigenvalue weighted by Gasteiger charge is 2.19. The van der Waals surface area contributed by atoms with Gasteiger partial charge in [0.2, 0.25) is 0 Å². The minimum Gasteiger partial charge on any atom is -0.457 e. The molecule has 0 unspecified atom stereocenters. The molecular formula is C22H20N2OS. The van der Waals surface area contributed by atoms with Gasteiger partial charge in [-0.1, -0.05) is 60.3 Å². The molecular weight excluding hydrogens is 340 g/mol. The number of nitrogens with zero attached hydrogens (tertiary/aromatic N) is 2. The Labute approximate surface area is 158 Å². The fourth-order valence-electron chi connectivity index (χ4n) is 2.81. The van der Waals surface area contributed by atoms with Crippen LogP contribution in [0.2, 0.25) is 0 Å². The molecule has 1 saturated heterocycles. The lowest BCUT2D eigenvalue weighted by atomic mass is 10.2. The summed E-state index contributed by atoms with van der Waals surface area (Å²) in [6.45, 7) is 1.94. The zero-order chi connectivity index (χ0) is 17.6. The molecule has 4 rings (SSSR count). The minimum atomic E-state index is 0.820. The first-order chi connectivity index (χ1) is 12.9. The normalized spacial score (nSPS) is 15.4. The van der Waals surface area contributed by atoms with Gasteiger partial charge in [-0.2, -0.15) is 0 Å². The number of ether oxygens (including phenoxy) is 1. The van der Waals surface area contributed by atoms with Gasteiger partial charge in [0.25, 0.3) is 0 Å². The Morgan fingerprint density at radius 2 is 1.46 bits per heavy atom. The van der Waals surface area contributed by atoms with Crippen LogP contribution in [0.1, 0.15) is 5.56 Å². The minimum absolute atomic E-state index is 0.820. The van der Waals surface area contributed by atoms with Crippen LogP contribution in [-0.4, -0.2) is 22.4 Å². The van der Waals surface area contributed by atoms with Crippen LogP contribution in [0.15, 0.2) is 89.9 Å². The van der Waals surface area contributed by atoms with Gasteiger partial charge >= 0.3 is 0 Å². The van der Waals surface area contributed by atoms with Gasteiger partial charge in [-0.05, 0) is 42.0 Å². The van der Waals surface area contributed by atoms with Crippen LogP contribution in [0.25, 0.3) is 0 Å². The molecule has 0 atom stereocenters. The average molecular weight is 360 g/mol. The third-order valence-electron chi connectivity index (χ3n) is 4.12. The number of thioether (sulfide) groups is 1. The van der Waals surface area contributed by atoms with Crippen molar-refractivity contribution < 1.29 is 4.74 Å². The third kappa shape index (κ3) is 4.27. The molecule has 0 amide bonds. The maximum atomic E-state index is 5.84. The highest BCUT2D eigenvalue weighted by Crippen LogP contribution is 2.27. The highest BCUT2D eigenvalue weighted by molar-refractivity contribution is 8.14. The molecule has 0 aliphatic carbocycles. The Morgan fingerprint density at radius 1 is 0.808 bits per heavy atom. The van der Waals surface area contributed by atoms with Crippen molar-refractivity contribution in [1.82, 2.24) is 4.90 Å². The second-order valence-electron chi connectivity index (χ2n) is 6.06. The van der Waals surface area contributed by atoms with Crippen LogP contribution in [0.3, 0.4) is 0 Å². The van der Waals surface area contributed by atoms with Crippen molar-refractivity contribution in [2.75, 3.05) is 12.3 Å². The van der Waals surface area contributed by atoms with E-state index in [1.807, 2.05) is 66.4 Å². The van der Waals surface area contributed by atoms with E-state index in [9.17, 15) is 0 Å². The summed E-state index contributed by atoms with van der Waals surface area (Å²) in [6.07, 6.45) is 0. The van der Waals surface area contributed by atoms with E-state index in [4.69, 9.17) is 9.73 Å². The van der Waals surface area contributed by atoms with E-state index in [0.717, 1.165) is 41.2 Å². The van der Waals surface area contributed by atoms with Gasteiger partial charge in [0.05, 0.1) is 5.69 Å². The van der Waals surface area contributed by atoms with E-state index >= 15 is 0 Å². The summed E-state index contributed by atoms with van der Waals surface area (Å²) in [5.41, 5.74) is 2.27. The molecule has 0 spiro atoms. The van der Waals surface area contributed by atoms with Crippen LogP contribution < -0.4 is 4.74 Å². The lowest BCUT2D eigenvalue weighted by molar-refractivity contribution is 0.457. The van der Waals surface area contributed by atoms with Crippen LogP contribution in [0.5, 0.6) is 11.5 Å². The van der Waals surface area contributed by atoms with E-state index in [2.05, 4.69) is 35.2 Å². The lowest BCUT2D eigenvalue weighted by Crippen LogP contribution is -2.23. The fourth-order valence-corrected chi connectivity index (χ4v) is 3.81. The van der Waals surface area contributed by atoms with Gasteiger partial charge in [-0.15, -0.1) is 0 Å². The van der Waals surface area contributed by atoms with E-state index in [0.29, 0.717) is 0 Å². The molecule has 3 aromatic rings. The molecule has 1 heterocycles. The highest BCUT2D eigenvalue weighted by atomic mass is 32.2. The summed E-state index contributed by atoms with van der Waals surface area (Å²) < 4.78 is 5.84. The number of aliphatic imine (C=N–C) groups is 1. The Morgan fingerprint density at radius 3 is 2.19 bits per heavy atom. The maximum Gasteiger partial charge on any atom is 0.164 e. The van der Waals surface area contributed by atoms with Gasteiger partial charge < -0.3 is 9.64 Å². The molecule has 1 aliphatic rings. The fraction of sp³-hybridized carbons (Fsp3) is 0.136. The van der Waals surface area contributed by atoms with Crippen molar-refractivity contribution >= 4 is 22.6 Å². The quantitative estimate of drug-likeness (QED) is 0.582. The summed E-state index contributed by atoms with van der Waals surface area (Å²) >= 11 is 1.82. The SMILES string of the molecule is c1ccc(CN2CCSC2=Nc2ccc(Oc3ccccc3)cc2)cc1. The molecule has 0 aromatic heterocycles. The van der Waals surface area contributed by atoms with Crippen molar-refractivity contribution in [2.24, 2.45) is 4.99 Å². The zero-order valence-electron chi connectivity index (χ0n) is 14.4. The molecule has 0 N–H and O–H groups in total. The molecule has 0 radical (unpaired) electrons. The predicted octanol–water partition coefficient (Wildman–Crippen LogP) is 5.72. The predicted molar refractivity (Wildman–Crippen MR) is 109 cm³/mol. The molecule has 0 saturated carbocycles. The van der Waals surface area contributed by atoms with Gasteiger partial charge in [0.15, 0.2) is 5.17 Å². The summed E-state index contributed by atoms with van der Waals surface area (Å²) in [7, 11) is 0. The number of para-hydroxylation sites is 1. The van der Waals surface area contributed by atoms with E-state index in [1.54, 1.807) is 0 Å². The largest absolute Gasteiger partial charge is 0.457 e. The average Bonchev–Trinajstić information content (AvgIpc) is 3.12. The topological polar surface area (TPSA) is 24.8 Å². The Bertz CT molecular complexity index is 864. The molecule has 3 aromatic carbocycles.